The highest BCUT2D eigenvalue weighted by Gasteiger charge is 2.22. The molecule has 0 radical (unpaired) electrons. The van der Waals surface area contributed by atoms with E-state index in [-0.39, 0.29) is 6.09 Å². The van der Waals surface area contributed by atoms with Crippen LogP contribution in [-0.2, 0) is 17.8 Å². The highest BCUT2D eigenvalue weighted by molar-refractivity contribution is 5.69. The Labute approximate surface area is 87.8 Å². The number of amides is 1. The number of carbonyl (C=O) groups excluding carboxylic acids is 1. The van der Waals surface area contributed by atoms with Gasteiger partial charge in [0.25, 0.3) is 0 Å². The van der Waals surface area contributed by atoms with E-state index in [0.29, 0.717) is 26.2 Å². The Morgan fingerprint density at radius 3 is 3.13 bits per heavy atom. The fraction of sp³-hybridized carbons (Fsp3) is 0.400. The summed E-state index contributed by atoms with van der Waals surface area (Å²) in [6.07, 6.45) is 1.44. The van der Waals surface area contributed by atoms with Gasteiger partial charge in [-0.3, -0.25) is 4.98 Å². The molecule has 1 aromatic rings. The van der Waals surface area contributed by atoms with E-state index < -0.39 is 0 Å². The fourth-order valence-corrected chi connectivity index (χ4v) is 1.57. The third kappa shape index (κ3) is 2.07. The molecular formula is C10H13N3O2. The van der Waals surface area contributed by atoms with Crippen molar-refractivity contribution in [1.29, 1.82) is 0 Å². The lowest BCUT2D eigenvalue weighted by Gasteiger charge is -2.14. The van der Waals surface area contributed by atoms with Crippen molar-refractivity contribution < 1.29 is 9.53 Å². The minimum absolute atomic E-state index is 0.262. The van der Waals surface area contributed by atoms with Gasteiger partial charge in [0.2, 0.25) is 0 Å². The van der Waals surface area contributed by atoms with E-state index in [1.807, 2.05) is 12.1 Å². The van der Waals surface area contributed by atoms with Gasteiger partial charge in [0.1, 0.15) is 6.61 Å². The molecule has 0 spiro atoms. The largest absolute Gasteiger partial charge is 0.448 e. The molecule has 0 atom stereocenters. The first-order valence-corrected chi connectivity index (χ1v) is 4.86. The average molecular weight is 207 g/mol. The van der Waals surface area contributed by atoms with Crippen molar-refractivity contribution in [3.8, 4) is 0 Å². The van der Waals surface area contributed by atoms with Crippen LogP contribution in [0.4, 0.5) is 4.79 Å². The van der Waals surface area contributed by atoms with Crippen molar-refractivity contribution in [1.82, 2.24) is 9.88 Å². The molecule has 1 aromatic heterocycles. The highest BCUT2D eigenvalue weighted by Crippen LogP contribution is 2.12. The van der Waals surface area contributed by atoms with Crippen molar-refractivity contribution in [3.05, 3.63) is 29.6 Å². The van der Waals surface area contributed by atoms with Crippen LogP contribution < -0.4 is 5.73 Å². The normalized spacial score (nSPS) is 15.5. The van der Waals surface area contributed by atoms with Crippen molar-refractivity contribution in [2.24, 2.45) is 5.73 Å². The van der Waals surface area contributed by atoms with E-state index >= 15 is 0 Å². The number of ether oxygens (including phenoxy) is 1. The minimum atomic E-state index is -0.262. The zero-order valence-corrected chi connectivity index (χ0v) is 8.35. The first-order chi connectivity index (χ1) is 7.31. The molecule has 2 N–H and O–H groups in total. The Balaban J connectivity index is 2.12. The molecule has 2 heterocycles. The summed E-state index contributed by atoms with van der Waals surface area (Å²) in [7, 11) is 0. The number of rotatable bonds is 3. The van der Waals surface area contributed by atoms with Crippen molar-refractivity contribution in [2.45, 2.75) is 13.1 Å². The second-order valence-electron chi connectivity index (χ2n) is 3.35. The summed E-state index contributed by atoms with van der Waals surface area (Å²) in [5, 5.41) is 0. The quantitative estimate of drug-likeness (QED) is 0.783. The van der Waals surface area contributed by atoms with Crippen LogP contribution >= 0.6 is 0 Å². The van der Waals surface area contributed by atoms with Gasteiger partial charge in [-0.1, -0.05) is 6.07 Å². The zero-order chi connectivity index (χ0) is 10.7. The molecule has 80 valence electrons. The Morgan fingerprint density at radius 2 is 2.47 bits per heavy atom. The highest BCUT2D eigenvalue weighted by atomic mass is 16.6. The number of hydrogen-bond acceptors (Lipinski definition) is 4. The zero-order valence-electron chi connectivity index (χ0n) is 8.35. The van der Waals surface area contributed by atoms with Gasteiger partial charge in [0.15, 0.2) is 0 Å². The molecule has 2 rings (SSSR count). The summed E-state index contributed by atoms with van der Waals surface area (Å²) in [6, 6.07) is 3.77. The van der Waals surface area contributed by atoms with Crippen LogP contribution in [0.3, 0.4) is 0 Å². The van der Waals surface area contributed by atoms with E-state index in [4.69, 9.17) is 10.5 Å². The van der Waals surface area contributed by atoms with Crippen molar-refractivity contribution in [2.75, 3.05) is 13.2 Å². The van der Waals surface area contributed by atoms with Crippen LogP contribution in [0.2, 0.25) is 0 Å². The summed E-state index contributed by atoms with van der Waals surface area (Å²) in [5.41, 5.74) is 7.38. The Hall–Kier alpha value is -1.62. The Bertz CT molecular complexity index is 367. The molecule has 1 aliphatic rings. The van der Waals surface area contributed by atoms with E-state index in [1.54, 1.807) is 11.1 Å². The topological polar surface area (TPSA) is 68.4 Å². The second kappa shape index (κ2) is 4.27. The molecule has 5 heteroatoms. The van der Waals surface area contributed by atoms with Gasteiger partial charge in [0, 0.05) is 12.7 Å². The molecular weight excluding hydrogens is 194 g/mol. The van der Waals surface area contributed by atoms with Crippen LogP contribution in [-0.4, -0.2) is 29.1 Å². The van der Waals surface area contributed by atoms with Gasteiger partial charge in [-0.25, -0.2) is 4.79 Å². The van der Waals surface area contributed by atoms with Crippen LogP contribution in [0.15, 0.2) is 18.3 Å². The number of pyridine rings is 1. The molecule has 1 aliphatic heterocycles. The van der Waals surface area contributed by atoms with Crippen LogP contribution in [0.25, 0.3) is 0 Å². The fourth-order valence-electron chi connectivity index (χ4n) is 1.57. The van der Waals surface area contributed by atoms with Gasteiger partial charge in [-0.2, -0.15) is 0 Å². The molecule has 1 saturated heterocycles. The number of cyclic esters (lactones) is 1. The molecule has 0 bridgehead atoms. The minimum Gasteiger partial charge on any atom is -0.448 e. The first-order valence-electron chi connectivity index (χ1n) is 4.86. The molecule has 1 amide bonds. The maximum atomic E-state index is 11.2. The predicted octanol–water partition coefficient (Wildman–Crippen LogP) is 0.492. The number of nitrogens with zero attached hydrogens (tertiary/aromatic N) is 2. The van der Waals surface area contributed by atoms with Crippen LogP contribution in [0.5, 0.6) is 0 Å². The smallest absolute Gasteiger partial charge is 0.410 e. The van der Waals surface area contributed by atoms with Gasteiger partial charge in [-0.05, 0) is 11.6 Å². The van der Waals surface area contributed by atoms with E-state index in [0.717, 1.165) is 11.3 Å². The van der Waals surface area contributed by atoms with E-state index in [1.165, 1.54) is 0 Å². The third-order valence-corrected chi connectivity index (χ3v) is 2.38. The lowest BCUT2D eigenvalue weighted by molar-refractivity contribution is 0.157. The van der Waals surface area contributed by atoms with Gasteiger partial charge in [0.05, 0.1) is 18.8 Å². The summed E-state index contributed by atoms with van der Waals surface area (Å²) in [5.74, 6) is 0. The SMILES string of the molecule is NCc1ncccc1CN1CCOC1=O. The Kier molecular flexibility index (Phi) is 2.82. The summed E-state index contributed by atoms with van der Waals surface area (Å²) in [6.45, 7) is 2.02. The maximum absolute atomic E-state index is 11.2. The standard InChI is InChI=1S/C10H13N3O2/c11-6-9-8(2-1-3-12-9)7-13-4-5-15-10(13)14/h1-3H,4-7,11H2. The first kappa shape index (κ1) is 9.92. The summed E-state index contributed by atoms with van der Waals surface area (Å²) < 4.78 is 4.85. The average Bonchev–Trinajstić information content (AvgIpc) is 2.65. The maximum Gasteiger partial charge on any atom is 0.410 e. The number of nitrogens with two attached hydrogens (primary N) is 1. The van der Waals surface area contributed by atoms with E-state index in [2.05, 4.69) is 4.98 Å². The predicted molar refractivity (Wildman–Crippen MR) is 53.9 cm³/mol. The second-order valence-corrected chi connectivity index (χ2v) is 3.35. The van der Waals surface area contributed by atoms with Crippen LogP contribution in [0.1, 0.15) is 11.3 Å². The lowest BCUT2D eigenvalue weighted by atomic mass is 10.2. The lowest BCUT2D eigenvalue weighted by Crippen LogP contribution is -2.24. The molecule has 15 heavy (non-hydrogen) atoms. The summed E-state index contributed by atoms with van der Waals surface area (Å²) in [4.78, 5) is 17.0. The number of hydrogen-bond donors (Lipinski definition) is 1. The molecule has 0 aromatic carbocycles. The van der Waals surface area contributed by atoms with Crippen LogP contribution in [0, 0.1) is 0 Å². The molecule has 5 nitrogen and oxygen atoms in total. The Morgan fingerprint density at radius 1 is 1.60 bits per heavy atom. The van der Waals surface area contributed by atoms with Gasteiger partial charge >= 0.3 is 6.09 Å². The summed E-state index contributed by atoms with van der Waals surface area (Å²) >= 11 is 0. The number of carbonyl (C=O) groups is 1. The molecule has 0 unspecified atom stereocenters. The molecule has 0 saturated carbocycles. The van der Waals surface area contributed by atoms with Crippen molar-refractivity contribution >= 4 is 6.09 Å². The third-order valence-electron chi connectivity index (χ3n) is 2.38. The van der Waals surface area contributed by atoms with Gasteiger partial charge < -0.3 is 15.4 Å². The monoisotopic (exact) mass is 207 g/mol. The van der Waals surface area contributed by atoms with Crippen molar-refractivity contribution in [3.63, 3.8) is 0 Å². The van der Waals surface area contributed by atoms with E-state index in [9.17, 15) is 4.79 Å². The van der Waals surface area contributed by atoms with Gasteiger partial charge in [-0.15, -0.1) is 0 Å². The molecule has 1 fully saturated rings. The number of aromatic nitrogens is 1. The molecule has 0 aliphatic carbocycles.